The molecule has 2 aromatic carbocycles. The average molecular weight is 374 g/mol. The Labute approximate surface area is 152 Å². The van der Waals surface area contributed by atoms with Crippen molar-refractivity contribution in [2.75, 3.05) is 4.90 Å². The maximum absolute atomic E-state index is 12.9. The van der Waals surface area contributed by atoms with Gasteiger partial charge in [-0.1, -0.05) is 48.6 Å². The Morgan fingerprint density at radius 3 is 2.46 bits per heavy atom. The molecule has 3 rings (SSSR count). The van der Waals surface area contributed by atoms with E-state index in [1.165, 1.54) is 12.1 Å². The Balaban J connectivity index is 1.83. The second-order valence-electron chi connectivity index (χ2n) is 5.40. The van der Waals surface area contributed by atoms with Crippen molar-refractivity contribution >= 4 is 34.6 Å². The molecule has 0 unspecified atom stereocenters. The molecule has 0 aliphatic carbocycles. The molecule has 0 atom stereocenters. The number of carbonyl (C=O) groups is 1. The van der Waals surface area contributed by atoms with Gasteiger partial charge in [0.05, 0.1) is 16.2 Å². The van der Waals surface area contributed by atoms with Crippen molar-refractivity contribution in [1.82, 2.24) is 0 Å². The molecule has 1 N–H and O–H groups in total. The van der Waals surface area contributed by atoms with Gasteiger partial charge in [-0.25, -0.2) is 0 Å². The number of nitrogens with one attached hydrogen (secondary N) is 1. The number of nitrogens with zero attached hydrogens (tertiary/aromatic N) is 1. The third-order valence-corrected chi connectivity index (χ3v) is 4.50. The zero-order chi connectivity index (χ0) is 18.7. The lowest BCUT2D eigenvalue weighted by Crippen LogP contribution is -2.28. The molecule has 0 bridgehead atoms. The first-order valence-electron chi connectivity index (χ1n) is 7.58. The summed E-state index contributed by atoms with van der Waals surface area (Å²) in [6.45, 7) is 0. The Kier molecular flexibility index (Phi) is 4.99. The van der Waals surface area contributed by atoms with E-state index in [0.717, 1.165) is 34.4 Å². The number of hydrogen-bond donors (Lipinski definition) is 1. The van der Waals surface area contributed by atoms with Gasteiger partial charge in [0.1, 0.15) is 0 Å². The fraction of sp³-hybridized carbons (Fsp3) is 0.0526. The fourth-order valence-electron chi connectivity index (χ4n) is 2.37. The maximum atomic E-state index is 12.9. The van der Waals surface area contributed by atoms with Gasteiger partial charge >= 0.3 is 6.18 Å². The molecule has 1 fully saturated rings. The van der Waals surface area contributed by atoms with Gasteiger partial charge in [-0.15, -0.1) is 0 Å². The molecule has 0 radical (unpaired) electrons. The van der Waals surface area contributed by atoms with E-state index in [1.54, 1.807) is 18.2 Å². The Hall–Kier alpha value is -2.80. The molecule has 3 nitrogen and oxygen atoms in total. The predicted molar refractivity (Wildman–Crippen MR) is 97.8 cm³/mol. The molecular weight excluding hydrogens is 361 g/mol. The highest BCUT2D eigenvalue weighted by atomic mass is 32.2. The van der Waals surface area contributed by atoms with E-state index in [0.29, 0.717) is 0 Å². The molecule has 1 aliphatic rings. The van der Waals surface area contributed by atoms with Crippen LogP contribution in [0, 0.1) is 5.41 Å². The molecule has 7 heteroatoms. The molecule has 26 heavy (non-hydrogen) atoms. The van der Waals surface area contributed by atoms with Crippen molar-refractivity contribution in [2.24, 2.45) is 0 Å². The molecule has 1 aliphatic heterocycles. The first kappa shape index (κ1) is 18.0. The summed E-state index contributed by atoms with van der Waals surface area (Å²) in [6, 6.07) is 13.9. The minimum absolute atomic E-state index is 0.0257. The molecule has 0 aromatic heterocycles. The monoisotopic (exact) mass is 374 g/mol. The topological polar surface area (TPSA) is 44.2 Å². The van der Waals surface area contributed by atoms with Crippen molar-refractivity contribution in [3.63, 3.8) is 0 Å². The van der Waals surface area contributed by atoms with Crippen molar-refractivity contribution in [3.8, 4) is 0 Å². The van der Waals surface area contributed by atoms with Gasteiger partial charge < -0.3 is 0 Å². The van der Waals surface area contributed by atoms with E-state index in [4.69, 9.17) is 5.41 Å². The number of allylic oxidation sites excluding steroid dienone is 2. The number of amides is 1. The van der Waals surface area contributed by atoms with Crippen LogP contribution in [0.25, 0.3) is 6.08 Å². The fourth-order valence-corrected chi connectivity index (χ4v) is 3.18. The summed E-state index contributed by atoms with van der Waals surface area (Å²) in [5.41, 5.74) is 0.115. The number of thioether (sulfide) groups is 1. The van der Waals surface area contributed by atoms with E-state index < -0.39 is 17.6 Å². The summed E-state index contributed by atoms with van der Waals surface area (Å²) in [7, 11) is 0. The lowest BCUT2D eigenvalue weighted by molar-refractivity contribution is -0.137. The van der Waals surface area contributed by atoms with Crippen LogP contribution in [0.1, 0.15) is 11.1 Å². The van der Waals surface area contributed by atoms with Gasteiger partial charge in [-0.3, -0.25) is 15.1 Å². The van der Waals surface area contributed by atoms with E-state index >= 15 is 0 Å². The Morgan fingerprint density at radius 2 is 1.77 bits per heavy atom. The highest BCUT2D eigenvalue weighted by molar-refractivity contribution is 8.19. The largest absolute Gasteiger partial charge is 0.416 e. The van der Waals surface area contributed by atoms with Crippen LogP contribution >= 0.6 is 11.8 Å². The molecule has 132 valence electrons. The van der Waals surface area contributed by atoms with Crippen molar-refractivity contribution in [2.45, 2.75) is 6.18 Å². The lowest BCUT2D eigenvalue weighted by Gasteiger charge is -2.16. The number of rotatable bonds is 3. The number of anilines is 1. The lowest BCUT2D eigenvalue weighted by atomic mass is 10.2. The normalized spacial score (nSPS) is 16.9. The van der Waals surface area contributed by atoms with Crippen LogP contribution in [0.3, 0.4) is 0 Å². The summed E-state index contributed by atoms with van der Waals surface area (Å²) in [4.78, 5) is 13.8. The highest BCUT2D eigenvalue weighted by Crippen LogP contribution is 2.37. The summed E-state index contributed by atoms with van der Waals surface area (Å²) in [5.74, 6) is -0.517. The van der Waals surface area contributed by atoms with Gasteiger partial charge in [0, 0.05) is 0 Å². The minimum atomic E-state index is -4.51. The first-order valence-corrected chi connectivity index (χ1v) is 8.39. The number of carbonyl (C=O) groups excluding carboxylic acids is 1. The van der Waals surface area contributed by atoms with Crippen molar-refractivity contribution in [3.05, 3.63) is 82.8 Å². The second-order valence-corrected chi connectivity index (χ2v) is 6.43. The van der Waals surface area contributed by atoms with Crippen LogP contribution < -0.4 is 4.90 Å². The molecule has 0 spiro atoms. The molecule has 0 saturated carbocycles. The summed E-state index contributed by atoms with van der Waals surface area (Å²) < 4.78 is 38.6. The van der Waals surface area contributed by atoms with Crippen molar-refractivity contribution < 1.29 is 18.0 Å². The van der Waals surface area contributed by atoms with Crippen LogP contribution in [-0.2, 0) is 11.0 Å². The standard InChI is InChI=1S/C19H13F3N2OS/c20-19(21,22)14-9-5-10-15(12-14)24-17(25)16(26-18(24)23)11-4-8-13-6-2-1-3-7-13/h1-12,23H/b8-4+,16-11-,23-18?. The molecule has 1 heterocycles. The van der Waals surface area contributed by atoms with Crippen LogP contribution in [0.15, 0.2) is 71.7 Å². The summed E-state index contributed by atoms with van der Waals surface area (Å²) in [6.07, 6.45) is 0.531. The summed E-state index contributed by atoms with van der Waals surface area (Å²) in [5, 5.41) is 7.82. The summed E-state index contributed by atoms with van der Waals surface area (Å²) >= 11 is 0.913. The zero-order valence-electron chi connectivity index (χ0n) is 13.3. The van der Waals surface area contributed by atoms with Crippen LogP contribution in [0.4, 0.5) is 18.9 Å². The third kappa shape index (κ3) is 3.88. The van der Waals surface area contributed by atoms with Gasteiger partial charge in [-0.05, 0) is 41.6 Å². The molecule has 2 aromatic rings. The first-order chi connectivity index (χ1) is 12.4. The molecule has 1 amide bonds. The zero-order valence-corrected chi connectivity index (χ0v) is 14.1. The predicted octanol–water partition coefficient (Wildman–Crippen LogP) is 5.32. The number of benzene rings is 2. The SMILES string of the molecule is N=C1S/C(=C\C=C\c2ccccc2)C(=O)N1c1cccc(C(F)(F)F)c1. The number of hydrogen-bond acceptors (Lipinski definition) is 3. The number of alkyl halides is 3. The Bertz CT molecular complexity index is 905. The Morgan fingerprint density at radius 1 is 1.04 bits per heavy atom. The molecule has 1 saturated heterocycles. The smallest absolute Gasteiger partial charge is 0.278 e. The number of halogens is 3. The maximum Gasteiger partial charge on any atom is 0.416 e. The third-order valence-electron chi connectivity index (χ3n) is 3.59. The minimum Gasteiger partial charge on any atom is -0.278 e. The van der Waals surface area contributed by atoms with Gasteiger partial charge in [0.2, 0.25) is 0 Å². The van der Waals surface area contributed by atoms with Crippen molar-refractivity contribution in [1.29, 1.82) is 5.41 Å². The average Bonchev–Trinajstić information content (AvgIpc) is 2.89. The van der Waals surface area contributed by atoms with Gasteiger partial charge in [-0.2, -0.15) is 13.2 Å². The van der Waals surface area contributed by atoms with Crippen LogP contribution in [-0.4, -0.2) is 11.1 Å². The van der Waals surface area contributed by atoms with E-state index in [-0.39, 0.29) is 15.8 Å². The highest BCUT2D eigenvalue weighted by Gasteiger charge is 2.35. The van der Waals surface area contributed by atoms with Gasteiger partial charge in [0.25, 0.3) is 5.91 Å². The quantitative estimate of drug-likeness (QED) is 0.739. The van der Waals surface area contributed by atoms with Crippen LogP contribution in [0.2, 0.25) is 0 Å². The molecular formula is C19H13F3N2OS. The number of amidine groups is 1. The van der Waals surface area contributed by atoms with E-state index in [1.807, 2.05) is 30.3 Å². The van der Waals surface area contributed by atoms with E-state index in [2.05, 4.69) is 0 Å². The van der Waals surface area contributed by atoms with Gasteiger partial charge in [0.15, 0.2) is 5.17 Å². The van der Waals surface area contributed by atoms with E-state index in [9.17, 15) is 18.0 Å². The second kappa shape index (κ2) is 7.21. The van der Waals surface area contributed by atoms with Crippen LogP contribution in [0.5, 0.6) is 0 Å².